The number of quaternary nitrogens is 1. The molecule has 1 nitrogen and oxygen atoms in total. The Morgan fingerprint density at radius 1 is 0.387 bits per heavy atom. The maximum absolute atomic E-state index is 2.53. The second-order valence-electron chi connectivity index (χ2n) is 11.7. The summed E-state index contributed by atoms with van der Waals surface area (Å²) in [7, 11) is 2.53. The zero-order valence-electron chi connectivity index (χ0n) is 23.2. The van der Waals surface area contributed by atoms with Gasteiger partial charge < -0.3 is 4.48 Å². The van der Waals surface area contributed by atoms with E-state index in [9.17, 15) is 0 Å². The van der Waals surface area contributed by atoms with Crippen LogP contribution < -0.4 is 0 Å². The highest BCUT2D eigenvalue weighted by Gasteiger charge is 2.34. The van der Waals surface area contributed by atoms with Gasteiger partial charge in [0.05, 0.1) is 25.7 Å². The molecule has 1 unspecified atom stereocenters. The molecule has 1 atom stereocenters. The summed E-state index contributed by atoms with van der Waals surface area (Å²) in [6.07, 6.45) is 30.3. The lowest BCUT2D eigenvalue weighted by Gasteiger charge is -2.46. The molecule has 0 aromatic heterocycles. The summed E-state index contributed by atoms with van der Waals surface area (Å²) in [6.45, 7) is 14.7. The van der Waals surface area contributed by atoms with Crippen molar-refractivity contribution in [1.29, 1.82) is 0 Å². The Kier molecular flexibility index (Phi) is 20.5. The van der Waals surface area contributed by atoms with Crippen molar-refractivity contribution < 1.29 is 4.48 Å². The highest BCUT2D eigenvalue weighted by molar-refractivity contribution is 4.63. The first-order valence-corrected chi connectivity index (χ1v) is 14.7. The minimum atomic E-state index is 0.373. The Bertz CT molecular complexity index is 356. The summed E-state index contributed by atoms with van der Waals surface area (Å²) >= 11 is 0. The summed E-state index contributed by atoms with van der Waals surface area (Å²) in [5, 5.41) is 0. The molecule has 0 aliphatic rings. The molecule has 0 rings (SSSR count). The van der Waals surface area contributed by atoms with Crippen molar-refractivity contribution in [1.82, 2.24) is 0 Å². The van der Waals surface area contributed by atoms with Crippen LogP contribution >= 0.6 is 0 Å². The molecule has 0 bridgehead atoms. The second-order valence-corrected chi connectivity index (χ2v) is 11.7. The van der Waals surface area contributed by atoms with Crippen molar-refractivity contribution in [2.75, 3.05) is 20.1 Å². The van der Waals surface area contributed by atoms with Crippen molar-refractivity contribution in [2.45, 2.75) is 175 Å². The average molecular weight is 439 g/mol. The number of unbranched alkanes of at least 4 members (excludes halogenated alkanes) is 19. The van der Waals surface area contributed by atoms with Gasteiger partial charge in [-0.1, -0.05) is 123 Å². The van der Waals surface area contributed by atoms with E-state index in [0.29, 0.717) is 5.54 Å². The second kappa shape index (κ2) is 20.6. The molecule has 0 aromatic rings. The third-order valence-corrected chi connectivity index (χ3v) is 7.88. The molecular formula is C30H64N+. The Morgan fingerprint density at radius 3 is 0.839 bits per heavy atom. The van der Waals surface area contributed by atoms with Gasteiger partial charge in [0.1, 0.15) is 0 Å². The molecule has 1 heteroatoms. The lowest BCUT2D eigenvalue weighted by atomic mass is 9.99. The van der Waals surface area contributed by atoms with Gasteiger partial charge >= 0.3 is 0 Å². The van der Waals surface area contributed by atoms with Gasteiger partial charge in [-0.2, -0.15) is 0 Å². The molecular weight excluding hydrogens is 374 g/mol. The van der Waals surface area contributed by atoms with Crippen molar-refractivity contribution >= 4 is 0 Å². The fourth-order valence-electron chi connectivity index (χ4n) is 4.86. The zero-order valence-corrected chi connectivity index (χ0v) is 23.2. The summed E-state index contributed by atoms with van der Waals surface area (Å²) in [5.41, 5.74) is 0.373. The van der Waals surface area contributed by atoms with E-state index in [1.807, 2.05) is 0 Å². The van der Waals surface area contributed by atoms with Crippen molar-refractivity contribution in [3.8, 4) is 0 Å². The number of nitrogens with zero attached hydrogens (tertiary/aromatic N) is 1. The average Bonchev–Trinajstić information content (AvgIpc) is 2.72. The monoisotopic (exact) mass is 439 g/mol. The molecule has 31 heavy (non-hydrogen) atoms. The highest BCUT2D eigenvalue weighted by Crippen LogP contribution is 2.25. The van der Waals surface area contributed by atoms with Crippen LogP contribution in [0, 0.1) is 0 Å². The van der Waals surface area contributed by atoms with E-state index in [2.05, 4.69) is 41.7 Å². The van der Waals surface area contributed by atoms with Gasteiger partial charge in [0.2, 0.25) is 0 Å². The number of hydrogen-bond donors (Lipinski definition) is 0. The van der Waals surface area contributed by atoms with Gasteiger partial charge in [-0.15, -0.1) is 0 Å². The van der Waals surface area contributed by atoms with Crippen LogP contribution in [0.4, 0.5) is 0 Å². The predicted molar refractivity (Wildman–Crippen MR) is 144 cm³/mol. The van der Waals surface area contributed by atoms with Gasteiger partial charge in [-0.25, -0.2) is 0 Å². The Morgan fingerprint density at radius 2 is 0.613 bits per heavy atom. The molecule has 0 N–H and O–H groups in total. The van der Waals surface area contributed by atoms with Crippen molar-refractivity contribution in [3.63, 3.8) is 0 Å². The van der Waals surface area contributed by atoms with E-state index < -0.39 is 0 Å². The number of rotatable bonds is 23. The standard InChI is InChI=1S/C30H64N/c1-7-9-11-13-15-17-19-21-23-25-27-29-31(6,30(3,4)5)28-26-24-22-20-18-16-14-12-10-8-2/h7-29H2,1-6H3/q+1. The maximum Gasteiger partial charge on any atom is 0.0905 e. The van der Waals surface area contributed by atoms with Crippen LogP contribution in [0.3, 0.4) is 0 Å². The molecule has 0 aromatic carbocycles. The summed E-state index contributed by atoms with van der Waals surface area (Å²) < 4.78 is 1.27. The first-order valence-electron chi connectivity index (χ1n) is 14.7. The number of hydrogen-bond acceptors (Lipinski definition) is 0. The third-order valence-electron chi connectivity index (χ3n) is 7.88. The molecule has 0 aliphatic heterocycles. The van der Waals surface area contributed by atoms with E-state index in [1.165, 1.54) is 152 Å². The normalized spacial score (nSPS) is 14.1. The quantitative estimate of drug-likeness (QED) is 0.110. The Labute approximate surface area is 199 Å². The van der Waals surface area contributed by atoms with Gasteiger partial charge in [-0.3, -0.25) is 0 Å². The maximum atomic E-state index is 2.53. The molecule has 0 aliphatic carbocycles. The topological polar surface area (TPSA) is 0 Å². The molecule has 0 heterocycles. The Hall–Kier alpha value is -0.0400. The van der Waals surface area contributed by atoms with Crippen molar-refractivity contribution in [2.24, 2.45) is 0 Å². The van der Waals surface area contributed by atoms with Crippen LogP contribution in [0.2, 0.25) is 0 Å². The van der Waals surface area contributed by atoms with E-state index >= 15 is 0 Å². The molecule has 0 saturated carbocycles. The molecule has 0 amide bonds. The Balaban J connectivity index is 3.79. The van der Waals surface area contributed by atoms with Gasteiger partial charge in [-0.05, 0) is 46.5 Å². The lowest BCUT2D eigenvalue weighted by molar-refractivity contribution is -0.953. The smallest absolute Gasteiger partial charge is 0.0905 e. The largest absolute Gasteiger partial charge is 0.322 e. The summed E-state index contributed by atoms with van der Waals surface area (Å²) in [4.78, 5) is 0. The first kappa shape index (κ1) is 31.0. The molecule has 0 saturated heterocycles. The zero-order chi connectivity index (χ0) is 23.3. The molecule has 0 spiro atoms. The molecule has 0 radical (unpaired) electrons. The minimum Gasteiger partial charge on any atom is -0.322 e. The predicted octanol–water partition coefficient (Wildman–Crippen LogP) is 10.5. The first-order chi connectivity index (χ1) is 14.9. The fraction of sp³-hybridized carbons (Fsp3) is 1.00. The van der Waals surface area contributed by atoms with Crippen LogP contribution in [0.1, 0.15) is 169 Å². The summed E-state index contributed by atoms with van der Waals surface area (Å²) in [6, 6.07) is 0. The van der Waals surface area contributed by atoms with Crippen LogP contribution in [0.5, 0.6) is 0 Å². The van der Waals surface area contributed by atoms with Crippen LogP contribution in [0.25, 0.3) is 0 Å². The van der Waals surface area contributed by atoms with Crippen molar-refractivity contribution in [3.05, 3.63) is 0 Å². The van der Waals surface area contributed by atoms with Gasteiger partial charge in [0.15, 0.2) is 0 Å². The van der Waals surface area contributed by atoms with Gasteiger partial charge in [0, 0.05) is 0 Å². The minimum absolute atomic E-state index is 0.373. The lowest BCUT2D eigenvalue weighted by Crippen LogP contribution is -2.58. The van der Waals surface area contributed by atoms with E-state index in [4.69, 9.17) is 0 Å². The fourth-order valence-corrected chi connectivity index (χ4v) is 4.86. The van der Waals surface area contributed by atoms with Crippen LogP contribution in [-0.2, 0) is 0 Å². The van der Waals surface area contributed by atoms with Crippen LogP contribution in [-0.4, -0.2) is 30.2 Å². The molecule has 188 valence electrons. The van der Waals surface area contributed by atoms with E-state index in [1.54, 1.807) is 0 Å². The SMILES string of the molecule is CCCCCCCCCCCCC[N+](C)(CCCCCCCCCCCC)C(C)(C)C. The van der Waals surface area contributed by atoms with Crippen LogP contribution in [0.15, 0.2) is 0 Å². The van der Waals surface area contributed by atoms with Gasteiger partial charge in [0.25, 0.3) is 0 Å². The molecule has 0 fully saturated rings. The van der Waals surface area contributed by atoms with E-state index in [0.717, 1.165) is 0 Å². The highest BCUT2D eigenvalue weighted by atomic mass is 15.4. The third kappa shape index (κ3) is 18.1. The van der Waals surface area contributed by atoms with E-state index in [-0.39, 0.29) is 0 Å². The summed E-state index contributed by atoms with van der Waals surface area (Å²) in [5.74, 6) is 0.